The third-order valence-electron chi connectivity index (χ3n) is 0.725. The van der Waals surface area contributed by atoms with E-state index >= 15 is 0 Å². The Kier molecular flexibility index (Phi) is 4.72. The Morgan fingerprint density at radius 3 is 2.89 bits per heavy atom. The number of esters is 1. The van der Waals surface area contributed by atoms with Crippen LogP contribution in [0, 0.1) is 0 Å². The lowest BCUT2D eigenvalue weighted by molar-refractivity contribution is -0.139. The average molecular weight is 131 g/mol. The number of methoxy groups -OCH3 is 1. The molecule has 0 bridgehead atoms. The van der Waals surface area contributed by atoms with Crippen molar-refractivity contribution in [2.24, 2.45) is 0 Å². The Morgan fingerprint density at radius 1 is 1.78 bits per heavy atom. The number of ether oxygens (including phenoxy) is 1. The molecule has 0 heterocycles. The fourth-order valence-corrected chi connectivity index (χ4v) is 0.305. The molecule has 1 N–H and O–H groups in total. The highest BCUT2D eigenvalue weighted by molar-refractivity contribution is 5.71. The van der Waals surface area contributed by atoms with E-state index in [-0.39, 0.29) is 19.1 Å². The van der Waals surface area contributed by atoms with E-state index in [1.165, 1.54) is 7.11 Å². The smallest absolute Gasteiger partial charge is 0.319 e. The summed E-state index contributed by atoms with van der Waals surface area (Å²) in [6.45, 7) is 0.282. The summed E-state index contributed by atoms with van der Waals surface area (Å²) in [4.78, 5) is 19.9. The molecule has 9 heavy (non-hydrogen) atoms. The summed E-state index contributed by atoms with van der Waals surface area (Å²) in [6, 6.07) is 0. The van der Waals surface area contributed by atoms with Gasteiger partial charge in [0.1, 0.15) is 6.29 Å². The van der Waals surface area contributed by atoms with Gasteiger partial charge in [-0.3, -0.25) is 4.79 Å². The van der Waals surface area contributed by atoms with Crippen molar-refractivity contribution >= 4 is 12.3 Å². The van der Waals surface area contributed by atoms with Gasteiger partial charge in [0.15, 0.2) is 0 Å². The van der Waals surface area contributed by atoms with Crippen molar-refractivity contribution in [1.29, 1.82) is 0 Å². The van der Waals surface area contributed by atoms with Crippen LogP contribution in [-0.4, -0.2) is 32.5 Å². The van der Waals surface area contributed by atoms with Gasteiger partial charge in [0, 0.05) is 0 Å². The lowest BCUT2D eigenvalue weighted by Crippen LogP contribution is -2.25. The Labute approximate surface area is 53.2 Å². The zero-order chi connectivity index (χ0) is 7.11. The molecule has 0 aromatic carbocycles. The molecule has 0 aliphatic heterocycles. The molecule has 0 saturated carbocycles. The third-order valence-corrected chi connectivity index (χ3v) is 0.725. The highest BCUT2D eigenvalue weighted by Gasteiger charge is 1.95. The van der Waals surface area contributed by atoms with Gasteiger partial charge in [-0.05, 0) is 0 Å². The topological polar surface area (TPSA) is 55.4 Å². The summed E-state index contributed by atoms with van der Waals surface area (Å²) in [5, 5.41) is 2.54. The first-order valence-electron chi connectivity index (χ1n) is 2.52. The maximum Gasteiger partial charge on any atom is 0.319 e. The molecule has 0 radical (unpaired) electrons. The van der Waals surface area contributed by atoms with Crippen LogP contribution < -0.4 is 5.32 Å². The van der Waals surface area contributed by atoms with Crippen LogP contribution in [0.3, 0.4) is 0 Å². The fourth-order valence-electron chi connectivity index (χ4n) is 0.305. The van der Waals surface area contributed by atoms with E-state index in [0.717, 1.165) is 0 Å². The number of aldehydes is 1. The lowest BCUT2D eigenvalue weighted by Gasteiger charge is -1.96. The van der Waals surface area contributed by atoms with Crippen LogP contribution in [0.5, 0.6) is 0 Å². The standard InChI is InChI=1S/C5H9NO3/c1-9-5(8)4-6-2-3-7/h3,6H,2,4H2,1H3. The molecule has 0 aliphatic rings. The molecule has 4 nitrogen and oxygen atoms in total. The largest absolute Gasteiger partial charge is 0.468 e. The second-order valence-electron chi connectivity index (χ2n) is 1.37. The van der Waals surface area contributed by atoms with Crippen LogP contribution in [0.25, 0.3) is 0 Å². The van der Waals surface area contributed by atoms with Gasteiger partial charge in [-0.25, -0.2) is 0 Å². The van der Waals surface area contributed by atoms with Crippen molar-refractivity contribution in [3.63, 3.8) is 0 Å². The maximum absolute atomic E-state index is 10.3. The van der Waals surface area contributed by atoms with Gasteiger partial charge >= 0.3 is 5.97 Å². The van der Waals surface area contributed by atoms with Gasteiger partial charge in [0.25, 0.3) is 0 Å². The quantitative estimate of drug-likeness (QED) is 0.300. The average Bonchev–Trinajstić information content (AvgIpc) is 1.89. The molecule has 0 saturated heterocycles. The van der Waals surface area contributed by atoms with E-state index < -0.39 is 0 Å². The van der Waals surface area contributed by atoms with E-state index in [9.17, 15) is 9.59 Å². The first kappa shape index (κ1) is 8.10. The summed E-state index contributed by atoms with van der Waals surface area (Å²) in [5.74, 6) is -0.364. The first-order chi connectivity index (χ1) is 4.31. The summed E-state index contributed by atoms with van der Waals surface area (Å²) >= 11 is 0. The molecule has 0 spiro atoms. The highest BCUT2D eigenvalue weighted by atomic mass is 16.5. The number of rotatable bonds is 4. The fraction of sp³-hybridized carbons (Fsp3) is 0.600. The van der Waals surface area contributed by atoms with Gasteiger partial charge in [0.05, 0.1) is 20.2 Å². The van der Waals surface area contributed by atoms with E-state index in [2.05, 4.69) is 10.1 Å². The molecular weight excluding hydrogens is 122 g/mol. The summed E-state index contributed by atoms with van der Waals surface area (Å²) in [6.07, 6.45) is 0.683. The lowest BCUT2D eigenvalue weighted by atomic mass is 10.6. The monoisotopic (exact) mass is 131 g/mol. The number of hydrogen-bond donors (Lipinski definition) is 1. The number of nitrogens with one attached hydrogen (secondary N) is 1. The van der Waals surface area contributed by atoms with Crippen molar-refractivity contribution in [3.05, 3.63) is 0 Å². The minimum atomic E-state index is -0.364. The van der Waals surface area contributed by atoms with Gasteiger partial charge in [0.2, 0.25) is 0 Å². The second-order valence-corrected chi connectivity index (χ2v) is 1.37. The molecule has 0 amide bonds. The van der Waals surface area contributed by atoms with E-state index in [0.29, 0.717) is 6.29 Å². The van der Waals surface area contributed by atoms with Gasteiger partial charge in [-0.2, -0.15) is 0 Å². The summed E-state index contributed by atoms with van der Waals surface area (Å²) in [5.41, 5.74) is 0. The molecule has 52 valence electrons. The Hall–Kier alpha value is -0.900. The Balaban J connectivity index is 3.06. The van der Waals surface area contributed by atoms with Crippen LogP contribution in [0.15, 0.2) is 0 Å². The van der Waals surface area contributed by atoms with Crippen molar-refractivity contribution in [2.45, 2.75) is 0 Å². The Morgan fingerprint density at radius 2 is 2.44 bits per heavy atom. The molecule has 0 atom stereocenters. The Bertz CT molecular complexity index is 102. The van der Waals surface area contributed by atoms with Crippen molar-refractivity contribution in [1.82, 2.24) is 5.32 Å². The van der Waals surface area contributed by atoms with Crippen molar-refractivity contribution in [2.75, 3.05) is 20.2 Å². The molecule has 0 aromatic heterocycles. The van der Waals surface area contributed by atoms with Crippen molar-refractivity contribution in [3.8, 4) is 0 Å². The first-order valence-corrected chi connectivity index (χ1v) is 2.52. The van der Waals surface area contributed by atoms with Gasteiger partial charge in [-0.15, -0.1) is 0 Å². The van der Waals surface area contributed by atoms with E-state index in [1.54, 1.807) is 0 Å². The maximum atomic E-state index is 10.3. The minimum absolute atomic E-state index is 0.0925. The zero-order valence-corrected chi connectivity index (χ0v) is 5.22. The van der Waals surface area contributed by atoms with Gasteiger partial charge < -0.3 is 14.8 Å². The molecule has 4 heteroatoms. The highest BCUT2D eigenvalue weighted by Crippen LogP contribution is 1.66. The van der Waals surface area contributed by atoms with Crippen molar-refractivity contribution < 1.29 is 14.3 Å². The predicted molar refractivity (Wildman–Crippen MR) is 30.9 cm³/mol. The van der Waals surface area contributed by atoms with Crippen LogP contribution >= 0.6 is 0 Å². The van der Waals surface area contributed by atoms with Crippen LogP contribution in [0.1, 0.15) is 0 Å². The molecule has 0 rings (SSSR count). The van der Waals surface area contributed by atoms with Gasteiger partial charge in [-0.1, -0.05) is 0 Å². The second kappa shape index (κ2) is 5.24. The molecule has 0 aromatic rings. The zero-order valence-electron chi connectivity index (χ0n) is 5.22. The minimum Gasteiger partial charge on any atom is -0.468 e. The molecular formula is C5H9NO3. The van der Waals surface area contributed by atoms with E-state index in [1.807, 2.05) is 0 Å². The van der Waals surface area contributed by atoms with Crippen LogP contribution in [0.2, 0.25) is 0 Å². The SMILES string of the molecule is COC(=O)CNCC=O. The van der Waals surface area contributed by atoms with Crippen LogP contribution in [-0.2, 0) is 14.3 Å². The number of carbonyl (C=O) groups excluding carboxylic acids is 2. The van der Waals surface area contributed by atoms with E-state index in [4.69, 9.17) is 0 Å². The molecule has 0 aliphatic carbocycles. The molecule has 0 fully saturated rings. The molecule has 0 unspecified atom stereocenters. The third kappa shape index (κ3) is 4.96. The normalized spacial score (nSPS) is 8.56. The number of carbonyl (C=O) groups is 2. The number of hydrogen-bond acceptors (Lipinski definition) is 4. The van der Waals surface area contributed by atoms with Crippen LogP contribution in [0.4, 0.5) is 0 Å². The predicted octanol–water partition coefficient (Wildman–Crippen LogP) is -1.05. The summed E-state index contributed by atoms with van der Waals surface area (Å²) in [7, 11) is 1.30. The summed E-state index contributed by atoms with van der Waals surface area (Å²) < 4.78 is 4.28.